The number of carbonyl (C=O) groups excluding carboxylic acids is 1. The van der Waals surface area contributed by atoms with Crippen LogP contribution in [0.4, 0.5) is 5.82 Å². The minimum absolute atomic E-state index is 0.146. The van der Waals surface area contributed by atoms with E-state index in [1.807, 2.05) is 40.0 Å². The van der Waals surface area contributed by atoms with Crippen LogP contribution in [0.15, 0.2) is 22.9 Å². The van der Waals surface area contributed by atoms with Crippen molar-refractivity contribution in [3.63, 3.8) is 0 Å². The van der Waals surface area contributed by atoms with Crippen LogP contribution >= 0.6 is 0 Å². The summed E-state index contributed by atoms with van der Waals surface area (Å²) < 4.78 is 5.30. The maximum Gasteiger partial charge on any atom is 0.259 e. The van der Waals surface area contributed by atoms with Gasteiger partial charge in [-0.15, -0.1) is 0 Å². The van der Waals surface area contributed by atoms with E-state index in [1.165, 1.54) is 0 Å². The fraction of sp³-hybridized carbons (Fsp3) is 0.529. The van der Waals surface area contributed by atoms with Crippen LogP contribution in [-0.2, 0) is 4.79 Å². The average molecular weight is 329 g/mol. The van der Waals surface area contributed by atoms with Gasteiger partial charge in [0.2, 0.25) is 5.91 Å². The third-order valence-electron chi connectivity index (χ3n) is 4.35. The van der Waals surface area contributed by atoms with E-state index in [-0.39, 0.29) is 17.9 Å². The Labute approximate surface area is 141 Å². The molecular weight excluding hydrogens is 306 g/mol. The van der Waals surface area contributed by atoms with Gasteiger partial charge >= 0.3 is 0 Å². The molecule has 1 aliphatic heterocycles. The summed E-state index contributed by atoms with van der Waals surface area (Å²) in [5.74, 6) is 2.32. The molecule has 1 fully saturated rings. The molecule has 7 heteroatoms. The number of likely N-dealkylation sites (N-methyl/N-ethyl adjacent to an activating group) is 1. The number of piperazine rings is 1. The highest BCUT2D eigenvalue weighted by Gasteiger charge is 2.32. The minimum atomic E-state index is -0.155. The number of hydrogen-bond donors (Lipinski definition) is 0. The van der Waals surface area contributed by atoms with Gasteiger partial charge in [-0.3, -0.25) is 4.79 Å². The predicted molar refractivity (Wildman–Crippen MR) is 90.7 cm³/mol. The quantitative estimate of drug-likeness (QED) is 0.857. The topological polar surface area (TPSA) is 75.4 Å². The zero-order valence-corrected chi connectivity index (χ0v) is 14.6. The molecule has 0 spiro atoms. The molecule has 0 unspecified atom stereocenters. The van der Waals surface area contributed by atoms with Gasteiger partial charge < -0.3 is 14.3 Å². The monoisotopic (exact) mass is 329 g/mol. The van der Waals surface area contributed by atoms with Crippen molar-refractivity contribution in [2.75, 3.05) is 25.0 Å². The Morgan fingerprint density at radius 3 is 2.71 bits per heavy atom. The molecule has 0 radical (unpaired) electrons. The molecule has 3 rings (SSSR count). The SMILES string of the molecule is CC[C@@H]1C(=O)N(C)CCN1c1ccc(-c2nc(C(C)C)no2)cn1. The first kappa shape index (κ1) is 16.4. The van der Waals surface area contributed by atoms with Gasteiger partial charge in [0.15, 0.2) is 5.82 Å². The third-order valence-corrected chi connectivity index (χ3v) is 4.35. The van der Waals surface area contributed by atoms with E-state index >= 15 is 0 Å². The van der Waals surface area contributed by atoms with Crippen LogP contribution in [0.2, 0.25) is 0 Å². The van der Waals surface area contributed by atoms with Crippen molar-refractivity contribution in [3.8, 4) is 11.5 Å². The van der Waals surface area contributed by atoms with Gasteiger partial charge in [-0.2, -0.15) is 4.98 Å². The van der Waals surface area contributed by atoms with E-state index in [2.05, 4.69) is 20.0 Å². The number of anilines is 1. The fourth-order valence-corrected chi connectivity index (χ4v) is 2.85. The maximum atomic E-state index is 12.3. The van der Waals surface area contributed by atoms with Crippen molar-refractivity contribution in [3.05, 3.63) is 24.2 Å². The molecule has 1 saturated heterocycles. The Kier molecular flexibility index (Phi) is 4.51. The smallest absolute Gasteiger partial charge is 0.259 e. The van der Waals surface area contributed by atoms with Gasteiger partial charge in [0.05, 0.1) is 5.56 Å². The summed E-state index contributed by atoms with van der Waals surface area (Å²) in [6.45, 7) is 7.55. The third kappa shape index (κ3) is 2.98. The van der Waals surface area contributed by atoms with Gasteiger partial charge in [-0.1, -0.05) is 25.9 Å². The molecule has 1 aliphatic rings. The Morgan fingerprint density at radius 1 is 1.33 bits per heavy atom. The molecule has 3 heterocycles. The second-order valence-electron chi connectivity index (χ2n) is 6.39. The molecule has 1 amide bonds. The Balaban J connectivity index is 1.82. The van der Waals surface area contributed by atoms with Crippen molar-refractivity contribution >= 4 is 11.7 Å². The number of nitrogens with zero attached hydrogens (tertiary/aromatic N) is 5. The molecule has 24 heavy (non-hydrogen) atoms. The molecule has 0 N–H and O–H groups in total. The summed E-state index contributed by atoms with van der Waals surface area (Å²) in [6, 6.07) is 3.67. The summed E-state index contributed by atoms with van der Waals surface area (Å²) in [5, 5.41) is 3.97. The van der Waals surface area contributed by atoms with Crippen molar-refractivity contribution in [1.29, 1.82) is 0 Å². The molecule has 0 aromatic carbocycles. The van der Waals surface area contributed by atoms with E-state index < -0.39 is 0 Å². The summed E-state index contributed by atoms with van der Waals surface area (Å²) in [6.07, 6.45) is 2.48. The molecule has 7 nitrogen and oxygen atoms in total. The second-order valence-corrected chi connectivity index (χ2v) is 6.39. The number of rotatable bonds is 4. The molecule has 0 bridgehead atoms. The van der Waals surface area contributed by atoms with Crippen LogP contribution in [0, 0.1) is 0 Å². The molecule has 1 atom stereocenters. The number of aromatic nitrogens is 3. The first-order valence-electron chi connectivity index (χ1n) is 8.33. The van der Waals surface area contributed by atoms with Crippen LogP contribution in [0.25, 0.3) is 11.5 Å². The predicted octanol–water partition coefficient (Wildman–Crippen LogP) is 2.31. The van der Waals surface area contributed by atoms with E-state index in [0.717, 1.165) is 24.3 Å². The van der Waals surface area contributed by atoms with Gasteiger partial charge in [-0.25, -0.2) is 4.98 Å². The first-order chi connectivity index (χ1) is 11.5. The highest BCUT2D eigenvalue weighted by Crippen LogP contribution is 2.24. The zero-order valence-electron chi connectivity index (χ0n) is 14.6. The van der Waals surface area contributed by atoms with Crippen LogP contribution in [0.5, 0.6) is 0 Å². The molecule has 128 valence electrons. The fourth-order valence-electron chi connectivity index (χ4n) is 2.85. The highest BCUT2D eigenvalue weighted by molar-refractivity contribution is 5.86. The van der Waals surface area contributed by atoms with Gasteiger partial charge in [0.25, 0.3) is 5.89 Å². The van der Waals surface area contributed by atoms with Crippen LogP contribution in [0.3, 0.4) is 0 Å². The normalized spacial score (nSPS) is 18.5. The van der Waals surface area contributed by atoms with Gasteiger partial charge in [0, 0.05) is 32.3 Å². The number of amides is 1. The van der Waals surface area contributed by atoms with Crippen LogP contribution in [0.1, 0.15) is 38.9 Å². The van der Waals surface area contributed by atoms with E-state index in [4.69, 9.17) is 4.52 Å². The van der Waals surface area contributed by atoms with Gasteiger partial charge in [-0.05, 0) is 18.6 Å². The summed E-state index contributed by atoms with van der Waals surface area (Å²) >= 11 is 0. The Hall–Kier alpha value is -2.44. The molecule has 2 aromatic rings. The van der Waals surface area contributed by atoms with E-state index in [0.29, 0.717) is 18.3 Å². The van der Waals surface area contributed by atoms with Crippen molar-refractivity contribution in [1.82, 2.24) is 20.0 Å². The Bertz CT molecular complexity index is 710. The molecule has 0 saturated carbocycles. The van der Waals surface area contributed by atoms with Crippen LogP contribution < -0.4 is 4.90 Å². The summed E-state index contributed by atoms with van der Waals surface area (Å²) in [4.78, 5) is 25.1. The minimum Gasteiger partial charge on any atom is -0.343 e. The lowest BCUT2D eigenvalue weighted by Crippen LogP contribution is -2.55. The van der Waals surface area contributed by atoms with Crippen molar-refractivity contribution in [2.24, 2.45) is 0 Å². The van der Waals surface area contributed by atoms with Crippen molar-refractivity contribution < 1.29 is 9.32 Å². The number of hydrogen-bond acceptors (Lipinski definition) is 6. The second kappa shape index (κ2) is 6.59. The van der Waals surface area contributed by atoms with Gasteiger partial charge in [0.1, 0.15) is 11.9 Å². The van der Waals surface area contributed by atoms with Crippen LogP contribution in [-0.4, -0.2) is 52.1 Å². The van der Waals surface area contributed by atoms with E-state index in [1.54, 1.807) is 11.1 Å². The zero-order chi connectivity index (χ0) is 17.3. The lowest BCUT2D eigenvalue weighted by molar-refractivity contribution is -0.132. The number of pyridine rings is 1. The average Bonchev–Trinajstić information content (AvgIpc) is 3.08. The maximum absolute atomic E-state index is 12.3. The lowest BCUT2D eigenvalue weighted by atomic mass is 10.1. The number of carbonyl (C=O) groups is 1. The summed E-state index contributed by atoms with van der Waals surface area (Å²) in [5.41, 5.74) is 0.784. The molecule has 2 aromatic heterocycles. The molecule has 0 aliphatic carbocycles. The largest absolute Gasteiger partial charge is 0.343 e. The highest BCUT2D eigenvalue weighted by atomic mass is 16.5. The lowest BCUT2D eigenvalue weighted by Gasteiger charge is -2.39. The standard InChI is InChI=1S/C17H23N5O2/c1-5-13-17(23)21(4)8-9-22(13)14-7-6-12(10-18-14)16-19-15(11(2)3)20-24-16/h6-7,10-11,13H,5,8-9H2,1-4H3/t13-/m1/s1. The van der Waals surface area contributed by atoms with Crippen molar-refractivity contribution in [2.45, 2.75) is 39.2 Å². The first-order valence-corrected chi connectivity index (χ1v) is 8.33. The molecular formula is C17H23N5O2. The van der Waals surface area contributed by atoms with E-state index in [9.17, 15) is 4.79 Å². The Morgan fingerprint density at radius 2 is 2.12 bits per heavy atom. The summed E-state index contributed by atoms with van der Waals surface area (Å²) in [7, 11) is 1.85.